The van der Waals surface area contributed by atoms with Crippen molar-refractivity contribution in [1.82, 2.24) is 0 Å². The van der Waals surface area contributed by atoms with Crippen LogP contribution in [0, 0.1) is 10.1 Å². The van der Waals surface area contributed by atoms with Gasteiger partial charge in [-0.3, -0.25) is 15.1 Å². The Kier molecular flexibility index (Phi) is 5.09. The highest BCUT2D eigenvalue weighted by Crippen LogP contribution is 2.22. The lowest BCUT2D eigenvalue weighted by molar-refractivity contribution is -0.385. The molecule has 0 bridgehead atoms. The fraction of sp³-hybridized carbons (Fsp3) is 0.533. The molecule has 5 heteroatoms. The van der Waals surface area contributed by atoms with Crippen LogP contribution in [0.2, 0.25) is 0 Å². The largest absolute Gasteiger partial charge is 0.872 e. The maximum absolute atomic E-state index is 11.7. The molecular weight excluding hydrogens is 256 g/mol. The molecule has 0 saturated heterocycles. The first-order chi connectivity index (χ1) is 9.66. The minimum Gasteiger partial charge on any atom is -0.872 e. The van der Waals surface area contributed by atoms with Gasteiger partial charge in [0.05, 0.1) is 4.92 Å². The van der Waals surface area contributed by atoms with E-state index in [1.54, 1.807) is 0 Å². The van der Waals surface area contributed by atoms with Crippen LogP contribution in [0.25, 0.3) is 0 Å². The second-order valence-electron chi connectivity index (χ2n) is 5.26. The minimum atomic E-state index is -0.493. The standard InChI is InChI=1S/C15H20N2O3/c18-15-9-8-14(17(19)20)10-12(15)11-16-13-6-4-2-1-3-5-7-13/h8-11,13,18H,1-7H2/p-1. The van der Waals surface area contributed by atoms with Gasteiger partial charge in [-0.15, -0.1) is 0 Å². The van der Waals surface area contributed by atoms with E-state index in [1.807, 2.05) is 0 Å². The van der Waals surface area contributed by atoms with Gasteiger partial charge in [0.1, 0.15) is 0 Å². The number of nitrogens with zero attached hydrogens (tertiary/aromatic N) is 2. The summed E-state index contributed by atoms with van der Waals surface area (Å²) in [5, 5.41) is 22.4. The third-order valence-corrected chi connectivity index (χ3v) is 3.70. The number of hydrogen-bond donors (Lipinski definition) is 0. The minimum absolute atomic E-state index is 0.0660. The summed E-state index contributed by atoms with van der Waals surface area (Å²) in [5.74, 6) is -0.217. The van der Waals surface area contributed by atoms with Crippen molar-refractivity contribution in [1.29, 1.82) is 0 Å². The smallest absolute Gasteiger partial charge is 0.270 e. The Morgan fingerprint density at radius 2 is 1.80 bits per heavy atom. The lowest BCUT2D eigenvalue weighted by atomic mass is 9.97. The van der Waals surface area contributed by atoms with E-state index in [-0.39, 0.29) is 17.5 Å². The molecular formula is C15H19N2O3-. The van der Waals surface area contributed by atoms with E-state index in [0.29, 0.717) is 5.56 Å². The Bertz CT molecular complexity index is 492. The highest BCUT2D eigenvalue weighted by molar-refractivity contribution is 5.84. The number of rotatable bonds is 3. The van der Waals surface area contributed by atoms with Gasteiger partial charge in [-0.2, -0.15) is 0 Å². The van der Waals surface area contributed by atoms with Crippen LogP contribution in [0.3, 0.4) is 0 Å². The number of hydrogen-bond acceptors (Lipinski definition) is 4. The van der Waals surface area contributed by atoms with E-state index in [4.69, 9.17) is 0 Å². The molecule has 5 nitrogen and oxygen atoms in total. The van der Waals surface area contributed by atoms with E-state index in [1.165, 1.54) is 56.5 Å². The van der Waals surface area contributed by atoms with Crippen LogP contribution in [-0.4, -0.2) is 17.2 Å². The van der Waals surface area contributed by atoms with Gasteiger partial charge in [-0.05, 0) is 18.4 Å². The van der Waals surface area contributed by atoms with E-state index >= 15 is 0 Å². The fourth-order valence-electron chi connectivity index (χ4n) is 2.52. The summed E-state index contributed by atoms with van der Waals surface area (Å²) >= 11 is 0. The zero-order valence-corrected chi connectivity index (χ0v) is 11.5. The quantitative estimate of drug-likeness (QED) is 0.482. The molecule has 1 aliphatic carbocycles. The molecule has 1 fully saturated rings. The van der Waals surface area contributed by atoms with Gasteiger partial charge in [0, 0.05) is 24.4 Å². The van der Waals surface area contributed by atoms with Gasteiger partial charge in [0.25, 0.3) is 5.69 Å². The Morgan fingerprint density at radius 3 is 2.45 bits per heavy atom. The SMILES string of the molecule is O=[N+]([O-])c1ccc([O-])c(C=NC2CCCCCCC2)c1. The van der Waals surface area contributed by atoms with Gasteiger partial charge in [-0.25, -0.2) is 0 Å². The summed E-state index contributed by atoms with van der Waals surface area (Å²) < 4.78 is 0. The molecule has 1 aromatic carbocycles. The molecule has 0 aromatic heterocycles. The molecule has 0 unspecified atom stereocenters. The summed E-state index contributed by atoms with van der Waals surface area (Å²) in [6, 6.07) is 4.01. The molecule has 108 valence electrons. The number of nitro groups is 1. The normalized spacial score (nSPS) is 17.8. The van der Waals surface area contributed by atoms with Crippen LogP contribution in [-0.2, 0) is 0 Å². The van der Waals surface area contributed by atoms with E-state index in [9.17, 15) is 15.2 Å². The summed E-state index contributed by atoms with van der Waals surface area (Å²) in [4.78, 5) is 14.7. The van der Waals surface area contributed by atoms with Crippen molar-refractivity contribution in [2.45, 2.75) is 51.0 Å². The molecule has 0 atom stereocenters. The summed E-state index contributed by atoms with van der Waals surface area (Å²) in [5.41, 5.74) is 0.241. The molecule has 0 heterocycles. The summed E-state index contributed by atoms with van der Waals surface area (Å²) in [6.07, 6.45) is 9.72. The van der Waals surface area contributed by atoms with Gasteiger partial charge < -0.3 is 5.11 Å². The van der Waals surface area contributed by atoms with Crippen molar-refractivity contribution in [3.05, 3.63) is 33.9 Å². The second kappa shape index (κ2) is 7.03. The highest BCUT2D eigenvalue weighted by atomic mass is 16.6. The average molecular weight is 275 g/mol. The molecule has 0 radical (unpaired) electrons. The first-order valence-corrected chi connectivity index (χ1v) is 7.15. The molecule has 0 aliphatic heterocycles. The van der Waals surface area contributed by atoms with E-state index in [2.05, 4.69) is 4.99 Å². The molecule has 0 amide bonds. The summed E-state index contributed by atoms with van der Waals surface area (Å²) in [7, 11) is 0. The van der Waals surface area contributed by atoms with Crippen LogP contribution in [0.15, 0.2) is 23.2 Å². The van der Waals surface area contributed by atoms with Crippen LogP contribution >= 0.6 is 0 Å². The van der Waals surface area contributed by atoms with Crippen LogP contribution < -0.4 is 5.11 Å². The third-order valence-electron chi connectivity index (χ3n) is 3.70. The lowest BCUT2D eigenvalue weighted by Gasteiger charge is -2.16. The van der Waals surface area contributed by atoms with Crippen molar-refractivity contribution < 1.29 is 10.0 Å². The highest BCUT2D eigenvalue weighted by Gasteiger charge is 2.10. The van der Waals surface area contributed by atoms with Gasteiger partial charge >= 0.3 is 0 Å². The van der Waals surface area contributed by atoms with Crippen LogP contribution in [0.4, 0.5) is 5.69 Å². The van der Waals surface area contributed by atoms with Crippen LogP contribution in [0.5, 0.6) is 5.75 Å². The Labute approximate surface area is 118 Å². The fourth-order valence-corrected chi connectivity index (χ4v) is 2.52. The summed E-state index contributed by atoms with van der Waals surface area (Å²) in [6.45, 7) is 0. The van der Waals surface area contributed by atoms with Crippen molar-refractivity contribution in [2.75, 3.05) is 0 Å². The molecule has 20 heavy (non-hydrogen) atoms. The monoisotopic (exact) mass is 275 g/mol. The zero-order chi connectivity index (χ0) is 14.4. The molecule has 1 aromatic rings. The average Bonchev–Trinajstić information content (AvgIpc) is 2.39. The maximum Gasteiger partial charge on any atom is 0.270 e. The predicted octanol–water partition coefficient (Wildman–Crippen LogP) is 3.20. The van der Waals surface area contributed by atoms with Crippen molar-refractivity contribution in [2.24, 2.45) is 4.99 Å². The lowest BCUT2D eigenvalue weighted by Crippen LogP contribution is -2.08. The zero-order valence-electron chi connectivity index (χ0n) is 11.5. The van der Waals surface area contributed by atoms with Gasteiger partial charge in [0.15, 0.2) is 0 Å². The topological polar surface area (TPSA) is 78.6 Å². The second-order valence-corrected chi connectivity index (χ2v) is 5.26. The molecule has 0 spiro atoms. The molecule has 0 N–H and O–H groups in total. The number of non-ortho nitro benzene ring substituents is 1. The number of benzene rings is 1. The first kappa shape index (κ1) is 14.5. The Hall–Kier alpha value is -1.91. The first-order valence-electron chi connectivity index (χ1n) is 7.15. The Morgan fingerprint density at radius 1 is 1.15 bits per heavy atom. The third kappa shape index (κ3) is 4.05. The van der Waals surface area contributed by atoms with Crippen molar-refractivity contribution >= 4 is 11.9 Å². The molecule has 2 rings (SSSR count). The maximum atomic E-state index is 11.7. The van der Waals surface area contributed by atoms with Gasteiger partial charge in [0.2, 0.25) is 0 Å². The van der Waals surface area contributed by atoms with Crippen molar-refractivity contribution in [3.63, 3.8) is 0 Å². The Balaban J connectivity index is 2.09. The van der Waals surface area contributed by atoms with E-state index < -0.39 is 4.92 Å². The number of nitro benzene ring substituents is 1. The van der Waals surface area contributed by atoms with E-state index in [0.717, 1.165) is 12.8 Å². The van der Waals surface area contributed by atoms with Crippen molar-refractivity contribution in [3.8, 4) is 5.75 Å². The number of aliphatic imine (C=N–C) groups is 1. The van der Waals surface area contributed by atoms with Crippen LogP contribution in [0.1, 0.15) is 50.5 Å². The molecule has 1 saturated carbocycles. The predicted molar refractivity (Wildman–Crippen MR) is 76.2 cm³/mol. The van der Waals surface area contributed by atoms with Gasteiger partial charge in [-0.1, -0.05) is 43.9 Å². The molecule has 1 aliphatic rings.